The highest BCUT2D eigenvalue weighted by atomic mass is 127. The maximum atomic E-state index is 11.4. The molecule has 1 amide bonds. The Labute approximate surface area is 120 Å². The van der Waals surface area contributed by atoms with Crippen molar-refractivity contribution >= 4 is 51.1 Å². The Morgan fingerprint density at radius 1 is 1.44 bits per heavy atom. The van der Waals surface area contributed by atoms with Gasteiger partial charge in [0.05, 0.1) is 13.7 Å². The van der Waals surface area contributed by atoms with Crippen molar-refractivity contribution in [2.75, 3.05) is 6.54 Å². The smallest absolute Gasteiger partial charge is 0.240 e. The molecule has 0 aliphatic heterocycles. The summed E-state index contributed by atoms with van der Waals surface area (Å²) in [6.07, 6.45) is 8.30. The third-order valence-electron chi connectivity index (χ3n) is 1.71. The zero-order valence-corrected chi connectivity index (χ0v) is 12.5. The molecule has 0 spiro atoms. The predicted octanol–water partition coefficient (Wildman–Crippen LogP) is 0.807. The minimum atomic E-state index is -0.173. The molecule has 0 radical (unpaired) electrons. The fourth-order valence-electron chi connectivity index (χ4n) is 1.02. The third kappa shape index (κ3) is 3.79. The number of hydrogen-bond acceptors (Lipinski definition) is 2. The molecule has 0 aliphatic rings. The summed E-state index contributed by atoms with van der Waals surface area (Å²) in [6, 6.07) is 0. The average molecular weight is 442 g/mol. The van der Waals surface area contributed by atoms with E-state index in [1.807, 2.05) is 45.2 Å². The van der Waals surface area contributed by atoms with E-state index in [0.29, 0.717) is 7.14 Å². The number of carbonyl (C=O) groups is 1. The standard InChI is InChI=1S/C10H8I2N2O2/c1-2-3-13-9(15)6-14-4-7(11)10(16)8(12)5-14/h1,4-5H,3,6H2,(H,13,15). The van der Waals surface area contributed by atoms with Crippen molar-refractivity contribution in [2.24, 2.45) is 0 Å². The molecule has 16 heavy (non-hydrogen) atoms. The van der Waals surface area contributed by atoms with Gasteiger partial charge in [-0.2, -0.15) is 0 Å². The third-order valence-corrected chi connectivity index (χ3v) is 3.24. The normalized spacial score (nSPS) is 9.56. The Kier molecular flexibility index (Phi) is 5.27. The number of hydrogen-bond donors (Lipinski definition) is 1. The van der Waals surface area contributed by atoms with E-state index in [0.717, 1.165) is 0 Å². The van der Waals surface area contributed by atoms with Crippen LogP contribution in [-0.4, -0.2) is 17.0 Å². The molecule has 4 nitrogen and oxygen atoms in total. The lowest BCUT2D eigenvalue weighted by Gasteiger charge is -2.07. The van der Waals surface area contributed by atoms with Crippen LogP contribution in [0.25, 0.3) is 0 Å². The Hall–Kier alpha value is -0.560. The van der Waals surface area contributed by atoms with Crippen molar-refractivity contribution in [1.29, 1.82) is 0 Å². The maximum Gasteiger partial charge on any atom is 0.240 e. The zero-order valence-electron chi connectivity index (χ0n) is 8.17. The second-order valence-electron chi connectivity index (χ2n) is 2.94. The van der Waals surface area contributed by atoms with E-state index in [1.165, 1.54) is 0 Å². The minimum Gasteiger partial charge on any atom is -0.344 e. The molecule has 0 aliphatic carbocycles. The van der Waals surface area contributed by atoms with Gasteiger partial charge in [0, 0.05) is 12.4 Å². The number of nitrogens with one attached hydrogen (secondary N) is 1. The van der Waals surface area contributed by atoms with Gasteiger partial charge >= 0.3 is 0 Å². The Morgan fingerprint density at radius 3 is 2.50 bits per heavy atom. The van der Waals surface area contributed by atoms with Gasteiger partial charge in [-0.3, -0.25) is 9.59 Å². The first-order valence-electron chi connectivity index (χ1n) is 4.30. The van der Waals surface area contributed by atoms with Crippen molar-refractivity contribution in [3.8, 4) is 12.3 Å². The Balaban J connectivity index is 2.80. The van der Waals surface area contributed by atoms with Gasteiger partial charge in [0.15, 0.2) is 0 Å². The van der Waals surface area contributed by atoms with Gasteiger partial charge < -0.3 is 9.88 Å². The summed E-state index contributed by atoms with van der Waals surface area (Å²) in [7, 11) is 0. The fraction of sp³-hybridized carbons (Fsp3) is 0.200. The Morgan fingerprint density at radius 2 is 2.00 bits per heavy atom. The molecule has 0 atom stereocenters. The molecular formula is C10H8I2N2O2. The van der Waals surface area contributed by atoms with E-state index in [2.05, 4.69) is 11.2 Å². The van der Waals surface area contributed by atoms with Crippen LogP contribution in [0, 0.1) is 19.5 Å². The number of carbonyl (C=O) groups excluding carboxylic acids is 1. The first-order valence-corrected chi connectivity index (χ1v) is 6.45. The molecule has 6 heteroatoms. The van der Waals surface area contributed by atoms with E-state index in [9.17, 15) is 9.59 Å². The van der Waals surface area contributed by atoms with E-state index >= 15 is 0 Å². The molecule has 1 aromatic rings. The number of halogens is 2. The maximum absolute atomic E-state index is 11.4. The number of pyridine rings is 1. The molecule has 1 N–H and O–H groups in total. The SMILES string of the molecule is C#CCNC(=O)Cn1cc(I)c(=O)c(I)c1. The van der Waals surface area contributed by atoms with Crippen LogP contribution < -0.4 is 10.7 Å². The van der Waals surface area contributed by atoms with E-state index in [4.69, 9.17) is 6.42 Å². The van der Waals surface area contributed by atoms with Crippen LogP contribution in [0.1, 0.15) is 0 Å². The molecule has 1 heterocycles. The number of nitrogens with zero attached hydrogens (tertiary/aromatic N) is 1. The average Bonchev–Trinajstić information content (AvgIpc) is 2.23. The molecular weight excluding hydrogens is 434 g/mol. The molecule has 84 valence electrons. The van der Waals surface area contributed by atoms with Crippen LogP contribution in [0.4, 0.5) is 0 Å². The van der Waals surface area contributed by atoms with Crippen LogP contribution in [0.5, 0.6) is 0 Å². The van der Waals surface area contributed by atoms with Gasteiger partial charge in [-0.15, -0.1) is 6.42 Å². The number of terminal acetylenes is 1. The van der Waals surface area contributed by atoms with Crippen LogP contribution in [0.2, 0.25) is 0 Å². The summed E-state index contributed by atoms with van der Waals surface area (Å²) in [5.41, 5.74) is -0.0125. The van der Waals surface area contributed by atoms with E-state index < -0.39 is 0 Å². The summed E-state index contributed by atoms with van der Waals surface area (Å²) >= 11 is 3.90. The molecule has 1 rings (SSSR count). The van der Waals surface area contributed by atoms with Gasteiger partial charge in [0.2, 0.25) is 11.3 Å². The number of aromatic nitrogens is 1. The summed E-state index contributed by atoms with van der Waals surface area (Å²) in [6.45, 7) is 0.376. The van der Waals surface area contributed by atoms with Gasteiger partial charge in [-0.1, -0.05) is 5.92 Å². The van der Waals surface area contributed by atoms with Crippen LogP contribution in [0.15, 0.2) is 17.2 Å². The highest BCUT2D eigenvalue weighted by Gasteiger charge is 2.05. The molecule has 0 aromatic carbocycles. The summed E-state index contributed by atoms with van der Waals surface area (Å²) in [5.74, 6) is 2.15. The van der Waals surface area contributed by atoms with Crippen LogP contribution in [0.3, 0.4) is 0 Å². The molecule has 0 fully saturated rings. The predicted molar refractivity (Wildman–Crippen MR) is 78.0 cm³/mol. The minimum absolute atomic E-state index is 0.0125. The first-order chi connectivity index (χ1) is 7.54. The van der Waals surface area contributed by atoms with Gasteiger partial charge in [0.1, 0.15) is 6.54 Å². The van der Waals surface area contributed by atoms with Crippen LogP contribution in [-0.2, 0) is 11.3 Å². The zero-order chi connectivity index (χ0) is 12.1. The summed E-state index contributed by atoms with van der Waals surface area (Å²) in [5, 5.41) is 2.56. The van der Waals surface area contributed by atoms with Crippen molar-refractivity contribution in [3.05, 3.63) is 29.8 Å². The fourth-order valence-corrected chi connectivity index (χ4v) is 2.84. The highest BCUT2D eigenvalue weighted by Crippen LogP contribution is 2.03. The van der Waals surface area contributed by atoms with Crippen LogP contribution >= 0.6 is 45.2 Å². The van der Waals surface area contributed by atoms with E-state index in [1.54, 1.807) is 17.0 Å². The lowest BCUT2D eigenvalue weighted by Crippen LogP contribution is -2.28. The van der Waals surface area contributed by atoms with Gasteiger partial charge in [-0.25, -0.2) is 0 Å². The topological polar surface area (TPSA) is 51.1 Å². The number of rotatable bonds is 3. The van der Waals surface area contributed by atoms with Crippen molar-refractivity contribution in [2.45, 2.75) is 6.54 Å². The molecule has 0 bridgehead atoms. The molecule has 1 aromatic heterocycles. The van der Waals surface area contributed by atoms with Crippen molar-refractivity contribution in [3.63, 3.8) is 0 Å². The molecule has 0 saturated heterocycles. The second kappa shape index (κ2) is 6.24. The van der Waals surface area contributed by atoms with Gasteiger partial charge in [-0.05, 0) is 45.2 Å². The lowest BCUT2D eigenvalue weighted by molar-refractivity contribution is -0.121. The molecule has 0 saturated carbocycles. The van der Waals surface area contributed by atoms with Crippen molar-refractivity contribution < 1.29 is 4.79 Å². The summed E-state index contributed by atoms with van der Waals surface area (Å²) < 4.78 is 2.85. The molecule has 0 unspecified atom stereocenters. The second-order valence-corrected chi connectivity index (χ2v) is 5.26. The quantitative estimate of drug-likeness (QED) is 0.557. The summed E-state index contributed by atoms with van der Waals surface area (Å²) in [4.78, 5) is 22.8. The number of amides is 1. The lowest BCUT2D eigenvalue weighted by atomic mass is 10.4. The van der Waals surface area contributed by atoms with E-state index in [-0.39, 0.29) is 24.4 Å². The first kappa shape index (κ1) is 13.5. The largest absolute Gasteiger partial charge is 0.344 e. The monoisotopic (exact) mass is 442 g/mol. The Bertz CT molecular complexity index is 476. The highest BCUT2D eigenvalue weighted by molar-refractivity contribution is 14.1. The van der Waals surface area contributed by atoms with Gasteiger partial charge in [0.25, 0.3) is 0 Å². The van der Waals surface area contributed by atoms with Crippen molar-refractivity contribution in [1.82, 2.24) is 9.88 Å².